The van der Waals surface area contributed by atoms with Crippen LogP contribution in [0.1, 0.15) is 40.0 Å². The van der Waals surface area contributed by atoms with Crippen LogP contribution in [-0.4, -0.2) is 28.6 Å². The third kappa shape index (κ3) is 3.42. The predicted molar refractivity (Wildman–Crippen MR) is 66.7 cm³/mol. The first-order valence-electron chi connectivity index (χ1n) is 5.60. The molecule has 0 spiro atoms. The lowest BCUT2D eigenvalue weighted by atomic mass is 9.97. The minimum absolute atomic E-state index is 0.102. The highest BCUT2D eigenvalue weighted by Crippen LogP contribution is 2.22. The molecule has 92 valence electrons. The van der Waals surface area contributed by atoms with Crippen LogP contribution in [0.2, 0.25) is 0 Å². The molecule has 0 unspecified atom stereocenters. The smallest absolute Gasteiger partial charge is 0.330 e. The molecule has 0 aliphatic carbocycles. The summed E-state index contributed by atoms with van der Waals surface area (Å²) in [4.78, 5) is 17.5. The van der Waals surface area contributed by atoms with Crippen LogP contribution in [0.15, 0.2) is 0 Å². The summed E-state index contributed by atoms with van der Waals surface area (Å²) < 4.78 is 0. The van der Waals surface area contributed by atoms with Crippen molar-refractivity contribution in [3.8, 4) is 0 Å². The van der Waals surface area contributed by atoms with Crippen LogP contribution in [0.25, 0.3) is 0 Å². The van der Waals surface area contributed by atoms with Gasteiger partial charge in [-0.2, -0.15) is 0 Å². The first kappa shape index (κ1) is 13.4. The second-order valence-corrected chi connectivity index (χ2v) is 5.65. The number of carbonyl (C=O) groups excluding carboxylic acids is 1. The fourth-order valence-electron chi connectivity index (χ4n) is 1.54. The Labute approximate surface area is 102 Å². The SMILES string of the molecule is CC(C)(C)C(=O)ON1CCCC[C@@H]1C(N)=S. The van der Waals surface area contributed by atoms with E-state index in [9.17, 15) is 4.79 Å². The Bertz CT molecular complexity index is 286. The van der Waals surface area contributed by atoms with Gasteiger partial charge in [-0.05, 0) is 40.0 Å². The van der Waals surface area contributed by atoms with Gasteiger partial charge < -0.3 is 10.6 Å². The van der Waals surface area contributed by atoms with Gasteiger partial charge in [0.15, 0.2) is 0 Å². The van der Waals surface area contributed by atoms with E-state index in [0.29, 0.717) is 11.5 Å². The van der Waals surface area contributed by atoms with E-state index in [1.165, 1.54) is 0 Å². The molecule has 5 heteroatoms. The van der Waals surface area contributed by atoms with Crippen LogP contribution in [-0.2, 0) is 9.63 Å². The number of hydrogen-bond donors (Lipinski definition) is 1. The molecule has 1 fully saturated rings. The predicted octanol–water partition coefficient (Wildman–Crippen LogP) is 1.63. The maximum atomic E-state index is 11.8. The van der Waals surface area contributed by atoms with Gasteiger partial charge in [0, 0.05) is 6.54 Å². The lowest BCUT2D eigenvalue weighted by Crippen LogP contribution is -2.48. The molecule has 0 radical (unpaired) electrons. The van der Waals surface area contributed by atoms with Crippen molar-refractivity contribution in [1.82, 2.24) is 5.06 Å². The molecule has 2 N–H and O–H groups in total. The van der Waals surface area contributed by atoms with Gasteiger partial charge in [-0.25, -0.2) is 4.79 Å². The molecule has 0 saturated carbocycles. The second kappa shape index (κ2) is 5.10. The van der Waals surface area contributed by atoms with Crippen molar-refractivity contribution in [2.24, 2.45) is 11.1 Å². The highest BCUT2D eigenvalue weighted by atomic mass is 32.1. The summed E-state index contributed by atoms with van der Waals surface area (Å²) in [5.74, 6) is -0.240. The Hall–Kier alpha value is -0.680. The van der Waals surface area contributed by atoms with E-state index in [2.05, 4.69) is 0 Å². The van der Waals surface area contributed by atoms with Gasteiger partial charge in [0.25, 0.3) is 0 Å². The average molecular weight is 244 g/mol. The zero-order chi connectivity index (χ0) is 12.3. The monoisotopic (exact) mass is 244 g/mol. The number of nitrogens with two attached hydrogens (primary N) is 1. The van der Waals surface area contributed by atoms with Crippen LogP contribution in [0.3, 0.4) is 0 Å². The van der Waals surface area contributed by atoms with E-state index in [1.54, 1.807) is 5.06 Å². The molecule has 1 rings (SSSR count). The van der Waals surface area contributed by atoms with E-state index in [4.69, 9.17) is 22.8 Å². The number of nitrogens with zero attached hydrogens (tertiary/aromatic N) is 1. The molecule has 0 aromatic heterocycles. The van der Waals surface area contributed by atoms with Crippen LogP contribution in [0.4, 0.5) is 0 Å². The zero-order valence-electron chi connectivity index (χ0n) is 10.2. The van der Waals surface area contributed by atoms with Gasteiger partial charge in [-0.1, -0.05) is 12.2 Å². The molecule has 0 aromatic rings. The maximum absolute atomic E-state index is 11.8. The van der Waals surface area contributed by atoms with E-state index < -0.39 is 5.41 Å². The Morgan fingerprint density at radius 2 is 2.06 bits per heavy atom. The summed E-state index contributed by atoms with van der Waals surface area (Å²) in [6.45, 7) is 6.20. The Balaban J connectivity index is 2.63. The third-order valence-corrected chi connectivity index (χ3v) is 2.87. The minimum Gasteiger partial charge on any atom is -0.392 e. The van der Waals surface area contributed by atoms with Crippen LogP contribution < -0.4 is 5.73 Å². The molecule has 0 amide bonds. The van der Waals surface area contributed by atoms with Gasteiger partial charge in [0.1, 0.15) is 0 Å². The Morgan fingerprint density at radius 3 is 2.56 bits per heavy atom. The van der Waals surface area contributed by atoms with E-state index in [1.807, 2.05) is 20.8 Å². The van der Waals surface area contributed by atoms with Crippen LogP contribution in [0, 0.1) is 5.41 Å². The maximum Gasteiger partial charge on any atom is 0.330 e. The Morgan fingerprint density at radius 1 is 1.44 bits per heavy atom. The summed E-state index contributed by atoms with van der Waals surface area (Å²) in [6.07, 6.45) is 2.95. The van der Waals surface area contributed by atoms with Crippen molar-refractivity contribution >= 4 is 23.2 Å². The molecule has 1 heterocycles. The first-order chi connectivity index (χ1) is 7.32. The minimum atomic E-state index is -0.502. The van der Waals surface area contributed by atoms with Gasteiger partial charge in [0.2, 0.25) is 0 Å². The van der Waals surface area contributed by atoms with Gasteiger partial charge in [-0.3, -0.25) is 0 Å². The summed E-state index contributed by atoms with van der Waals surface area (Å²) in [5, 5.41) is 1.64. The molecule has 1 saturated heterocycles. The van der Waals surface area contributed by atoms with Crippen molar-refractivity contribution in [3.05, 3.63) is 0 Å². The first-order valence-corrected chi connectivity index (χ1v) is 6.01. The molecule has 0 aromatic carbocycles. The number of rotatable bonds is 2. The lowest BCUT2D eigenvalue weighted by molar-refractivity contribution is -0.209. The number of piperidine rings is 1. The molecular formula is C11H20N2O2S. The topological polar surface area (TPSA) is 55.6 Å². The standard InChI is InChI=1S/C11H20N2O2S/c1-11(2,3)10(14)15-13-7-5-4-6-8(13)9(12)16/h8H,4-7H2,1-3H3,(H2,12,16)/t8-/m1/s1. The van der Waals surface area contributed by atoms with Crippen LogP contribution in [0.5, 0.6) is 0 Å². The van der Waals surface area contributed by atoms with Crippen molar-refractivity contribution in [2.45, 2.75) is 46.1 Å². The van der Waals surface area contributed by atoms with Gasteiger partial charge in [-0.15, -0.1) is 5.06 Å². The molecule has 16 heavy (non-hydrogen) atoms. The number of thiocarbonyl (C=S) groups is 1. The summed E-state index contributed by atoms with van der Waals surface area (Å²) >= 11 is 4.98. The van der Waals surface area contributed by atoms with Gasteiger partial charge in [0.05, 0.1) is 16.4 Å². The second-order valence-electron chi connectivity index (χ2n) is 5.18. The Kier molecular flexibility index (Phi) is 4.27. The normalized spacial score (nSPS) is 22.8. The molecular weight excluding hydrogens is 224 g/mol. The number of hydrogen-bond acceptors (Lipinski definition) is 4. The molecule has 1 aliphatic heterocycles. The van der Waals surface area contributed by atoms with Crippen molar-refractivity contribution < 1.29 is 9.63 Å². The highest BCUT2D eigenvalue weighted by molar-refractivity contribution is 7.80. The summed E-state index contributed by atoms with van der Waals surface area (Å²) in [6, 6.07) is -0.102. The molecule has 1 atom stereocenters. The van der Waals surface area contributed by atoms with Crippen molar-refractivity contribution in [1.29, 1.82) is 0 Å². The molecule has 0 bridgehead atoms. The van der Waals surface area contributed by atoms with E-state index in [-0.39, 0.29) is 12.0 Å². The van der Waals surface area contributed by atoms with E-state index >= 15 is 0 Å². The fourth-order valence-corrected chi connectivity index (χ4v) is 1.78. The molecule has 1 aliphatic rings. The van der Waals surface area contributed by atoms with Crippen molar-refractivity contribution in [3.63, 3.8) is 0 Å². The largest absolute Gasteiger partial charge is 0.392 e. The summed E-state index contributed by atoms with van der Waals surface area (Å²) in [7, 11) is 0. The number of carbonyl (C=O) groups is 1. The van der Waals surface area contributed by atoms with E-state index in [0.717, 1.165) is 19.3 Å². The lowest BCUT2D eigenvalue weighted by Gasteiger charge is -2.34. The quantitative estimate of drug-likeness (QED) is 0.748. The third-order valence-electron chi connectivity index (χ3n) is 2.59. The number of hydroxylamine groups is 2. The summed E-state index contributed by atoms with van der Waals surface area (Å²) in [5.41, 5.74) is 5.14. The van der Waals surface area contributed by atoms with Crippen LogP contribution >= 0.6 is 12.2 Å². The fraction of sp³-hybridized carbons (Fsp3) is 0.818. The average Bonchev–Trinajstić information content (AvgIpc) is 2.16. The zero-order valence-corrected chi connectivity index (χ0v) is 11.0. The van der Waals surface area contributed by atoms with Gasteiger partial charge >= 0.3 is 5.97 Å². The highest BCUT2D eigenvalue weighted by Gasteiger charge is 2.32. The van der Waals surface area contributed by atoms with Crippen molar-refractivity contribution in [2.75, 3.05) is 6.54 Å². The molecule has 4 nitrogen and oxygen atoms in total.